The number of hydrogen-bond donors (Lipinski definition) is 4. The highest BCUT2D eigenvalue weighted by Crippen LogP contribution is 1.78. The number of aliphatic hydroxyl groups is 1. The number of carbonyl (C=O) groups is 1. The van der Waals surface area contributed by atoms with Crippen molar-refractivity contribution in [2.75, 3.05) is 0 Å². The maximum absolute atomic E-state index is 10.00. The van der Waals surface area contributed by atoms with Gasteiger partial charge in [-0.05, 0) is 0 Å². The van der Waals surface area contributed by atoms with Crippen LogP contribution in [0, 0.1) is 0 Å². The quantitative estimate of drug-likeness (QED) is 0.145. The molecule has 1 atom stereocenters. The molecular formula is C3H7N3O3. The van der Waals surface area contributed by atoms with E-state index < -0.39 is 17.8 Å². The molecule has 0 aromatic carbocycles. The molecule has 0 aromatic rings. The number of hydrogen-bond acceptors (Lipinski definition) is 4. The van der Waals surface area contributed by atoms with Crippen LogP contribution in [0.4, 0.5) is 0 Å². The molecule has 0 spiro atoms. The van der Waals surface area contributed by atoms with Crippen molar-refractivity contribution in [2.24, 2.45) is 16.6 Å². The molecule has 0 saturated carbocycles. The molecule has 0 heterocycles. The molecule has 0 rings (SSSR count). The number of oxime groups is 1. The van der Waals surface area contributed by atoms with Gasteiger partial charge in [0.05, 0.1) is 0 Å². The molecule has 0 aliphatic heterocycles. The predicted molar refractivity (Wildman–Crippen MR) is 28.6 cm³/mol. The highest BCUT2D eigenvalue weighted by molar-refractivity contribution is 6.03. The standard InChI is InChI=1S/C3H7N3O3/c4-2(6-9)1(7)3(5)8/h1,7,9H,(H2,4,6)(H2,5,8). The second-order valence-electron chi connectivity index (χ2n) is 1.33. The first-order valence-electron chi connectivity index (χ1n) is 2.04. The van der Waals surface area contributed by atoms with Crippen molar-refractivity contribution in [3.63, 3.8) is 0 Å². The van der Waals surface area contributed by atoms with Crippen molar-refractivity contribution < 1.29 is 15.1 Å². The summed E-state index contributed by atoms with van der Waals surface area (Å²) in [5, 5.41) is 18.7. The van der Waals surface area contributed by atoms with E-state index in [0.717, 1.165) is 0 Å². The maximum atomic E-state index is 10.00. The van der Waals surface area contributed by atoms with Crippen LogP contribution in [0.1, 0.15) is 0 Å². The van der Waals surface area contributed by atoms with Gasteiger partial charge in [0, 0.05) is 0 Å². The molecule has 0 aliphatic rings. The van der Waals surface area contributed by atoms with E-state index in [1.54, 1.807) is 0 Å². The minimum Gasteiger partial charge on any atom is -0.409 e. The van der Waals surface area contributed by atoms with Crippen molar-refractivity contribution in [1.82, 2.24) is 0 Å². The van der Waals surface area contributed by atoms with Crippen LogP contribution in [-0.2, 0) is 4.79 Å². The summed E-state index contributed by atoms with van der Waals surface area (Å²) in [6.45, 7) is 0. The molecule has 52 valence electrons. The average molecular weight is 133 g/mol. The molecule has 0 radical (unpaired) electrons. The number of nitrogens with two attached hydrogens (primary N) is 2. The Bertz CT molecular complexity index is 143. The van der Waals surface area contributed by atoms with E-state index in [9.17, 15) is 4.79 Å². The van der Waals surface area contributed by atoms with E-state index in [4.69, 9.17) is 16.0 Å². The summed E-state index contributed by atoms with van der Waals surface area (Å²) in [6.07, 6.45) is -1.70. The van der Waals surface area contributed by atoms with Crippen LogP contribution in [0.15, 0.2) is 5.16 Å². The average Bonchev–Trinajstić information content (AvgIpc) is 1.84. The number of amidine groups is 1. The van der Waals surface area contributed by atoms with Crippen LogP contribution in [0.2, 0.25) is 0 Å². The summed E-state index contributed by atoms with van der Waals surface area (Å²) < 4.78 is 0. The van der Waals surface area contributed by atoms with Gasteiger partial charge in [-0.3, -0.25) is 4.79 Å². The summed E-state index contributed by atoms with van der Waals surface area (Å²) in [4.78, 5) is 10.00. The van der Waals surface area contributed by atoms with Crippen LogP contribution in [-0.4, -0.2) is 28.2 Å². The number of nitrogens with zero attached hydrogens (tertiary/aromatic N) is 1. The normalized spacial score (nSPS) is 15.0. The van der Waals surface area contributed by atoms with Gasteiger partial charge in [-0.15, -0.1) is 0 Å². The lowest BCUT2D eigenvalue weighted by atomic mass is 10.3. The van der Waals surface area contributed by atoms with Gasteiger partial charge in [0.2, 0.25) is 0 Å². The second-order valence-corrected chi connectivity index (χ2v) is 1.33. The molecule has 0 saturated heterocycles. The first kappa shape index (κ1) is 7.70. The number of amides is 1. The number of carbonyl (C=O) groups excluding carboxylic acids is 1. The second kappa shape index (κ2) is 2.88. The van der Waals surface area contributed by atoms with Crippen molar-refractivity contribution in [2.45, 2.75) is 6.10 Å². The predicted octanol–water partition coefficient (Wildman–Crippen LogP) is -2.42. The van der Waals surface area contributed by atoms with E-state index in [0.29, 0.717) is 0 Å². The largest absolute Gasteiger partial charge is 0.409 e. The SMILES string of the molecule is NC(=O)C(O)C(N)=NO. The van der Waals surface area contributed by atoms with E-state index in [2.05, 4.69) is 10.9 Å². The fraction of sp³-hybridized carbons (Fsp3) is 0.333. The van der Waals surface area contributed by atoms with Gasteiger partial charge in [-0.1, -0.05) is 5.16 Å². The summed E-state index contributed by atoms with van der Waals surface area (Å²) >= 11 is 0. The van der Waals surface area contributed by atoms with E-state index >= 15 is 0 Å². The Labute approximate surface area is 50.7 Å². The van der Waals surface area contributed by atoms with Gasteiger partial charge in [-0.2, -0.15) is 0 Å². The zero-order valence-corrected chi connectivity index (χ0v) is 4.48. The van der Waals surface area contributed by atoms with E-state index in [1.165, 1.54) is 0 Å². The zero-order chi connectivity index (χ0) is 7.44. The first-order valence-corrected chi connectivity index (χ1v) is 2.04. The summed E-state index contributed by atoms with van der Waals surface area (Å²) in [5.74, 6) is -1.66. The third-order valence-corrected chi connectivity index (χ3v) is 0.665. The zero-order valence-electron chi connectivity index (χ0n) is 4.48. The lowest BCUT2D eigenvalue weighted by Gasteiger charge is -2.00. The fourth-order valence-corrected chi connectivity index (χ4v) is 0.200. The highest BCUT2D eigenvalue weighted by atomic mass is 16.4. The molecule has 0 fully saturated rings. The Kier molecular flexibility index (Phi) is 2.46. The fourth-order valence-electron chi connectivity index (χ4n) is 0.200. The van der Waals surface area contributed by atoms with Crippen LogP contribution < -0.4 is 11.5 Å². The Balaban J connectivity index is 4.04. The van der Waals surface area contributed by atoms with Crippen LogP contribution >= 0.6 is 0 Å². The van der Waals surface area contributed by atoms with Crippen LogP contribution in [0.25, 0.3) is 0 Å². The molecule has 9 heavy (non-hydrogen) atoms. The number of rotatable bonds is 2. The topological polar surface area (TPSA) is 122 Å². The molecule has 1 unspecified atom stereocenters. The molecule has 0 bridgehead atoms. The van der Waals surface area contributed by atoms with E-state index in [1.807, 2.05) is 0 Å². The molecular weight excluding hydrogens is 126 g/mol. The van der Waals surface area contributed by atoms with Crippen molar-refractivity contribution in [3.8, 4) is 0 Å². The Morgan fingerprint density at radius 3 is 2.11 bits per heavy atom. The Morgan fingerprint density at radius 1 is 1.56 bits per heavy atom. The Hall–Kier alpha value is -1.30. The molecule has 0 aromatic heterocycles. The van der Waals surface area contributed by atoms with Crippen molar-refractivity contribution in [1.29, 1.82) is 0 Å². The third-order valence-electron chi connectivity index (χ3n) is 0.665. The summed E-state index contributed by atoms with van der Waals surface area (Å²) in [7, 11) is 0. The van der Waals surface area contributed by atoms with Crippen molar-refractivity contribution in [3.05, 3.63) is 0 Å². The lowest BCUT2D eigenvalue weighted by molar-refractivity contribution is -0.123. The third kappa shape index (κ3) is 1.96. The molecule has 0 aliphatic carbocycles. The van der Waals surface area contributed by atoms with Gasteiger partial charge < -0.3 is 21.8 Å². The highest BCUT2D eigenvalue weighted by Gasteiger charge is 2.15. The maximum Gasteiger partial charge on any atom is 0.254 e. The van der Waals surface area contributed by atoms with Crippen molar-refractivity contribution >= 4 is 11.7 Å². The minimum atomic E-state index is -1.70. The Morgan fingerprint density at radius 2 is 2.00 bits per heavy atom. The van der Waals surface area contributed by atoms with Gasteiger partial charge in [0.1, 0.15) is 0 Å². The monoisotopic (exact) mass is 133 g/mol. The molecule has 1 amide bonds. The summed E-state index contributed by atoms with van der Waals surface area (Å²) in [5.41, 5.74) is 9.32. The molecule has 6 N–H and O–H groups in total. The van der Waals surface area contributed by atoms with Gasteiger partial charge in [0.25, 0.3) is 5.91 Å². The van der Waals surface area contributed by atoms with Gasteiger partial charge in [-0.25, -0.2) is 0 Å². The van der Waals surface area contributed by atoms with Crippen LogP contribution in [0.3, 0.4) is 0 Å². The lowest BCUT2D eigenvalue weighted by Crippen LogP contribution is -2.40. The molecule has 6 heteroatoms. The number of aliphatic hydroxyl groups excluding tert-OH is 1. The minimum absolute atomic E-state index is 0.609. The molecule has 6 nitrogen and oxygen atoms in total. The van der Waals surface area contributed by atoms with E-state index in [-0.39, 0.29) is 0 Å². The number of primary amides is 1. The van der Waals surface area contributed by atoms with Crippen LogP contribution in [0.5, 0.6) is 0 Å². The summed E-state index contributed by atoms with van der Waals surface area (Å²) in [6, 6.07) is 0. The van der Waals surface area contributed by atoms with Gasteiger partial charge >= 0.3 is 0 Å². The first-order chi connectivity index (χ1) is 4.09. The van der Waals surface area contributed by atoms with Gasteiger partial charge in [0.15, 0.2) is 11.9 Å². The smallest absolute Gasteiger partial charge is 0.254 e.